The van der Waals surface area contributed by atoms with Crippen LogP contribution >= 0.6 is 0 Å². The van der Waals surface area contributed by atoms with Crippen molar-refractivity contribution in [3.8, 4) is 11.5 Å². The molecule has 0 saturated heterocycles. The molecule has 2 aromatic rings. The van der Waals surface area contributed by atoms with E-state index in [-0.39, 0.29) is 37.7 Å². The second-order valence-electron chi connectivity index (χ2n) is 8.48. The van der Waals surface area contributed by atoms with Gasteiger partial charge in [0.15, 0.2) is 0 Å². The van der Waals surface area contributed by atoms with Gasteiger partial charge < -0.3 is 19.7 Å². The van der Waals surface area contributed by atoms with Gasteiger partial charge in [-0.3, -0.25) is 13.9 Å². The van der Waals surface area contributed by atoms with Crippen molar-refractivity contribution in [3.05, 3.63) is 54.1 Å². The highest BCUT2D eigenvalue weighted by Gasteiger charge is 2.26. The molecule has 0 saturated carbocycles. The molecule has 10 heteroatoms. The Hall–Kier alpha value is -3.27. The summed E-state index contributed by atoms with van der Waals surface area (Å²) in [6.45, 7) is 4.53. The van der Waals surface area contributed by atoms with Gasteiger partial charge in [-0.25, -0.2) is 8.42 Å². The molecule has 2 amide bonds. The lowest BCUT2D eigenvalue weighted by molar-refractivity contribution is -0.140. The van der Waals surface area contributed by atoms with Crippen LogP contribution in [0.3, 0.4) is 0 Å². The zero-order chi connectivity index (χ0) is 26.7. The third kappa shape index (κ3) is 8.44. The lowest BCUT2D eigenvalue weighted by Gasteiger charge is -2.29. The summed E-state index contributed by atoms with van der Waals surface area (Å²) < 4.78 is 36.6. The molecule has 198 valence electrons. The molecule has 0 bridgehead atoms. The first-order valence-corrected chi connectivity index (χ1v) is 13.8. The largest absolute Gasteiger partial charge is 0.497 e. The Bertz CT molecular complexity index is 1100. The molecule has 36 heavy (non-hydrogen) atoms. The standard InChI is InChI=1S/C26H37N3O6S/c1-6-16-27-26(31)20(2)28(19-21-9-7-10-24(18-21)35-4)25(30)11-8-17-29(36(5,32)33)22-12-14-23(34-3)15-13-22/h7,9-10,12-15,18,20H,6,8,11,16-17,19H2,1-5H3,(H,27,31). The Morgan fingerprint density at radius 1 is 1.03 bits per heavy atom. The van der Waals surface area contributed by atoms with E-state index in [2.05, 4.69) is 5.32 Å². The SMILES string of the molecule is CCCNC(=O)C(C)N(Cc1cccc(OC)c1)C(=O)CCCN(c1ccc(OC)cc1)S(C)(=O)=O. The van der Waals surface area contributed by atoms with Gasteiger partial charge in [0.2, 0.25) is 21.8 Å². The normalized spacial score (nSPS) is 11.9. The van der Waals surface area contributed by atoms with Crippen LogP contribution in [0.5, 0.6) is 11.5 Å². The molecule has 0 aliphatic heterocycles. The number of nitrogens with one attached hydrogen (secondary N) is 1. The number of nitrogens with zero attached hydrogens (tertiary/aromatic N) is 2. The van der Waals surface area contributed by atoms with Crippen molar-refractivity contribution in [3.63, 3.8) is 0 Å². The van der Waals surface area contributed by atoms with Crippen molar-refractivity contribution in [2.45, 2.75) is 45.7 Å². The minimum atomic E-state index is -3.56. The van der Waals surface area contributed by atoms with E-state index >= 15 is 0 Å². The number of sulfonamides is 1. The number of carbonyl (C=O) groups is 2. The molecular formula is C26H37N3O6S. The van der Waals surface area contributed by atoms with Crippen LogP contribution in [0, 0.1) is 0 Å². The van der Waals surface area contributed by atoms with E-state index in [9.17, 15) is 18.0 Å². The summed E-state index contributed by atoms with van der Waals surface area (Å²) in [5, 5.41) is 2.85. The summed E-state index contributed by atoms with van der Waals surface area (Å²) in [6, 6.07) is 13.3. The van der Waals surface area contributed by atoms with Gasteiger partial charge in [0.25, 0.3) is 0 Å². The van der Waals surface area contributed by atoms with Gasteiger partial charge >= 0.3 is 0 Å². The maximum atomic E-state index is 13.3. The van der Waals surface area contributed by atoms with Gasteiger partial charge in [-0.2, -0.15) is 0 Å². The quantitative estimate of drug-likeness (QED) is 0.411. The first-order valence-electron chi connectivity index (χ1n) is 11.9. The number of carbonyl (C=O) groups excluding carboxylic acids is 2. The molecule has 0 heterocycles. The van der Waals surface area contributed by atoms with Gasteiger partial charge in [0.1, 0.15) is 17.5 Å². The molecule has 1 atom stereocenters. The maximum absolute atomic E-state index is 13.3. The Morgan fingerprint density at radius 2 is 1.69 bits per heavy atom. The van der Waals surface area contributed by atoms with Crippen LogP contribution in [0.1, 0.15) is 38.7 Å². The summed E-state index contributed by atoms with van der Waals surface area (Å²) in [5.74, 6) is 0.807. The van der Waals surface area contributed by atoms with Gasteiger partial charge in [0.05, 0.1) is 26.2 Å². The summed E-state index contributed by atoms with van der Waals surface area (Å²) in [7, 11) is -0.456. The van der Waals surface area contributed by atoms with E-state index in [1.54, 1.807) is 38.3 Å². The predicted molar refractivity (Wildman–Crippen MR) is 141 cm³/mol. The molecule has 2 aromatic carbocycles. The lowest BCUT2D eigenvalue weighted by Crippen LogP contribution is -2.47. The number of hydrogen-bond acceptors (Lipinski definition) is 6. The van der Waals surface area contributed by atoms with Crippen molar-refractivity contribution in [2.24, 2.45) is 0 Å². The fourth-order valence-corrected chi connectivity index (χ4v) is 4.66. The first kappa shape index (κ1) is 29.0. The van der Waals surface area contributed by atoms with Gasteiger partial charge in [-0.15, -0.1) is 0 Å². The molecule has 0 aliphatic carbocycles. The zero-order valence-electron chi connectivity index (χ0n) is 21.7. The van der Waals surface area contributed by atoms with Crippen molar-refractivity contribution < 1.29 is 27.5 Å². The fourth-order valence-electron chi connectivity index (χ4n) is 3.70. The minimum Gasteiger partial charge on any atom is -0.497 e. The lowest BCUT2D eigenvalue weighted by atomic mass is 10.1. The number of methoxy groups -OCH3 is 2. The summed E-state index contributed by atoms with van der Waals surface area (Å²) >= 11 is 0. The average molecular weight is 520 g/mol. The number of rotatable bonds is 14. The number of anilines is 1. The fraction of sp³-hybridized carbons (Fsp3) is 0.462. The maximum Gasteiger partial charge on any atom is 0.242 e. The summed E-state index contributed by atoms with van der Waals surface area (Å²) in [4.78, 5) is 27.5. The predicted octanol–water partition coefficient (Wildman–Crippen LogP) is 3.19. The highest BCUT2D eigenvalue weighted by atomic mass is 32.2. The van der Waals surface area contributed by atoms with E-state index in [4.69, 9.17) is 9.47 Å². The van der Waals surface area contributed by atoms with Crippen LogP contribution in [0.15, 0.2) is 48.5 Å². The Morgan fingerprint density at radius 3 is 2.28 bits per heavy atom. The van der Waals surface area contributed by atoms with E-state index < -0.39 is 16.1 Å². The van der Waals surface area contributed by atoms with Crippen molar-refractivity contribution in [1.82, 2.24) is 10.2 Å². The average Bonchev–Trinajstić information content (AvgIpc) is 2.87. The minimum absolute atomic E-state index is 0.0809. The highest BCUT2D eigenvalue weighted by molar-refractivity contribution is 7.92. The Labute approximate surface area is 214 Å². The molecule has 2 rings (SSSR count). The molecule has 0 aliphatic rings. The number of amides is 2. The van der Waals surface area contributed by atoms with Crippen LogP contribution < -0.4 is 19.1 Å². The third-order valence-electron chi connectivity index (χ3n) is 5.72. The Balaban J connectivity index is 2.16. The van der Waals surface area contributed by atoms with E-state index in [1.807, 2.05) is 31.2 Å². The molecular weight excluding hydrogens is 482 g/mol. The van der Waals surface area contributed by atoms with Crippen molar-refractivity contribution in [2.75, 3.05) is 37.9 Å². The first-order chi connectivity index (χ1) is 17.1. The number of hydrogen-bond donors (Lipinski definition) is 1. The summed E-state index contributed by atoms with van der Waals surface area (Å²) in [6.07, 6.45) is 2.29. The van der Waals surface area contributed by atoms with Crippen LogP contribution in [-0.4, -0.2) is 64.7 Å². The van der Waals surface area contributed by atoms with Gasteiger partial charge in [-0.1, -0.05) is 19.1 Å². The van der Waals surface area contributed by atoms with E-state index in [0.717, 1.165) is 18.2 Å². The molecule has 9 nitrogen and oxygen atoms in total. The van der Waals surface area contributed by atoms with Crippen molar-refractivity contribution >= 4 is 27.5 Å². The zero-order valence-corrected chi connectivity index (χ0v) is 22.5. The second kappa shape index (κ2) is 13.7. The molecule has 0 fully saturated rings. The second-order valence-corrected chi connectivity index (χ2v) is 10.4. The van der Waals surface area contributed by atoms with Crippen molar-refractivity contribution in [1.29, 1.82) is 0 Å². The molecule has 0 aromatic heterocycles. The smallest absolute Gasteiger partial charge is 0.242 e. The van der Waals surface area contributed by atoms with Gasteiger partial charge in [-0.05, 0) is 61.7 Å². The molecule has 0 spiro atoms. The van der Waals surface area contributed by atoms with Crippen LogP contribution in [-0.2, 0) is 26.2 Å². The Kier molecular flexibility index (Phi) is 11.0. The highest BCUT2D eigenvalue weighted by Crippen LogP contribution is 2.22. The summed E-state index contributed by atoms with van der Waals surface area (Å²) in [5.41, 5.74) is 1.32. The van der Waals surface area contributed by atoms with E-state index in [1.165, 1.54) is 16.3 Å². The van der Waals surface area contributed by atoms with Crippen LogP contribution in [0.4, 0.5) is 5.69 Å². The van der Waals surface area contributed by atoms with Gasteiger partial charge in [0, 0.05) is 26.1 Å². The topological polar surface area (TPSA) is 105 Å². The third-order valence-corrected chi connectivity index (χ3v) is 6.91. The molecule has 1 unspecified atom stereocenters. The monoisotopic (exact) mass is 519 g/mol. The number of ether oxygens (including phenoxy) is 2. The van der Waals surface area contributed by atoms with Crippen LogP contribution in [0.2, 0.25) is 0 Å². The molecule has 1 N–H and O–H groups in total. The van der Waals surface area contributed by atoms with E-state index in [0.29, 0.717) is 23.7 Å². The molecule has 0 radical (unpaired) electrons. The van der Waals surface area contributed by atoms with Crippen LogP contribution in [0.25, 0.3) is 0 Å². The number of benzene rings is 2.